The van der Waals surface area contributed by atoms with Crippen molar-refractivity contribution in [1.82, 2.24) is 5.32 Å². The number of hydrogen-bond acceptors (Lipinski definition) is 5. The molecule has 0 bridgehead atoms. The van der Waals surface area contributed by atoms with Crippen molar-refractivity contribution >= 4 is 21.0 Å². The summed E-state index contributed by atoms with van der Waals surface area (Å²) in [5.41, 5.74) is 4.13. The third kappa shape index (κ3) is 11.8. The molecule has 0 radical (unpaired) electrons. The standard InChI is InChI=1S/C34H44F7NO4S/c35-25-14-12-24(13-15-25)27-10-5-11-30-29(16-17-31(44)32(30)36)28(27)9-3-1-2-4-20-42-26(8-6-21-43)18-23-47(45,46)22-7-19-33(37,38)34(39,40)41/h12-17,26,42-44H,1-11,18-23H2. The van der Waals surface area contributed by atoms with Crippen molar-refractivity contribution in [2.45, 2.75) is 102 Å². The summed E-state index contributed by atoms with van der Waals surface area (Å²) < 4.78 is 116. The maximum absolute atomic E-state index is 14.9. The van der Waals surface area contributed by atoms with Gasteiger partial charge in [0.05, 0.1) is 11.5 Å². The molecule has 0 aliphatic heterocycles. The van der Waals surface area contributed by atoms with Crippen LogP contribution >= 0.6 is 0 Å². The van der Waals surface area contributed by atoms with Gasteiger partial charge in [0.25, 0.3) is 0 Å². The molecule has 1 aliphatic rings. The zero-order valence-electron chi connectivity index (χ0n) is 26.3. The Bertz CT molecular complexity index is 1430. The van der Waals surface area contributed by atoms with Crippen molar-refractivity contribution in [1.29, 1.82) is 0 Å². The highest BCUT2D eigenvalue weighted by Crippen LogP contribution is 2.41. The number of rotatable bonds is 19. The molecular weight excluding hydrogens is 651 g/mol. The monoisotopic (exact) mass is 695 g/mol. The van der Waals surface area contributed by atoms with E-state index in [1.54, 1.807) is 18.2 Å². The van der Waals surface area contributed by atoms with Crippen LogP contribution in [0.3, 0.4) is 0 Å². The molecule has 2 aromatic carbocycles. The molecule has 0 amide bonds. The summed E-state index contributed by atoms with van der Waals surface area (Å²) in [5, 5.41) is 22.5. The first-order valence-corrected chi connectivity index (χ1v) is 17.9. The molecule has 1 atom stereocenters. The Morgan fingerprint density at radius 3 is 2.21 bits per heavy atom. The summed E-state index contributed by atoms with van der Waals surface area (Å²) in [5.74, 6) is -7.40. The fourth-order valence-electron chi connectivity index (χ4n) is 6.00. The molecular formula is C34H44F7NO4S. The van der Waals surface area contributed by atoms with Crippen molar-refractivity contribution in [3.05, 3.63) is 64.7 Å². The van der Waals surface area contributed by atoms with E-state index in [2.05, 4.69) is 5.32 Å². The number of fused-ring (bicyclic) bond motifs is 1. The van der Waals surface area contributed by atoms with Gasteiger partial charge in [-0.05, 0) is 117 Å². The first-order chi connectivity index (χ1) is 22.1. The van der Waals surface area contributed by atoms with Crippen LogP contribution in [0.15, 0.2) is 36.4 Å². The fraction of sp³-hybridized carbons (Fsp3) is 0.588. The van der Waals surface area contributed by atoms with Crippen LogP contribution in [0.5, 0.6) is 5.75 Å². The van der Waals surface area contributed by atoms with Gasteiger partial charge in [0.1, 0.15) is 15.7 Å². The zero-order valence-corrected chi connectivity index (χ0v) is 27.1. The van der Waals surface area contributed by atoms with E-state index < -0.39 is 46.3 Å². The Balaban J connectivity index is 1.51. The minimum atomic E-state index is -5.72. The lowest BCUT2D eigenvalue weighted by Gasteiger charge is -2.20. The van der Waals surface area contributed by atoms with Gasteiger partial charge in [-0.25, -0.2) is 17.2 Å². The number of halogens is 7. The molecule has 13 heteroatoms. The minimum absolute atomic E-state index is 0.0974. The summed E-state index contributed by atoms with van der Waals surface area (Å²) in [6.45, 7) is 0.463. The predicted molar refractivity (Wildman–Crippen MR) is 169 cm³/mol. The highest BCUT2D eigenvalue weighted by Gasteiger charge is 2.56. The Hall–Kier alpha value is -2.64. The molecule has 2 aromatic rings. The number of benzene rings is 2. The van der Waals surface area contributed by atoms with Gasteiger partial charge in [0, 0.05) is 19.1 Å². The Labute approximate surface area is 272 Å². The highest BCUT2D eigenvalue weighted by atomic mass is 32.2. The number of aromatic hydroxyl groups is 1. The third-order valence-corrected chi connectivity index (χ3v) is 10.4. The van der Waals surface area contributed by atoms with Crippen LogP contribution < -0.4 is 5.32 Å². The number of allylic oxidation sites excluding steroid dienone is 2. The summed E-state index contributed by atoms with van der Waals surface area (Å²) in [4.78, 5) is 0. The quantitative estimate of drug-likeness (QED) is 0.102. The molecule has 5 nitrogen and oxygen atoms in total. The Kier molecular flexibility index (Phi) is 14.6. The van der Waals surface area contributed by atoms with Crippen molar-refractivity contribution in [3.63, 3.8) is 0 Å². The van der Waals surface area contributed by atoms with Gasteiger partial charge in [-0.3, -0.25) is 0 Å². The van der Waals surface area contributed by atoms with Crippen LogP contribution in [0.2, 0.25) is 0 Å². The number of phenols is 1. The van der Waals surface area contributed by atoms with E-state index in [0.29, 0.717) is 50.6 Å². The van der Waals surface area contributed by atoms with Gasteiger partial charge < -0.3 is 15.5 Å². The molecule has 0 heterocycles. The maximum atomic E-state index is 14.9. The van der Waals surface area contributed by atoms with Crippen LogP contribution in [0, 0.1) is 11.6 Å². The van der Waals surface area contributed by atoms with Gasteiger partial charge in [-0.2, -0.15) is 22.0 Å². The van der Waals surface area contributed by atoms with E-state index >= 15 is 0 Å². The number of nitrogens with one attached hydrogen (secondary N) is 1. The largest absolute Gasteiger partial charge is 0.505 e. The number of unbranched alkanes of at least 4 members (excludes halogenated alkanes) is 3. The van der Waals surface area contributed by atoms with Gasteiger partial charge in [0.15, 0.2) is 11.6 Å². The van der Waals surface area contributed by atoms with Gasteiger partial charge in [0.2, 0.25) is 0 Å². The summed E-state index contributed by atoms with van der Waals surface area (Å²) in [6.07, 6.45) is -1.33. The summed E-state index contributed by atoms with van der Waals surface area (Å²) in [7, 11) is -3.84. The first kappa shape index (κ1) is 38.8. The molecule has 0 aromatic heterocycles. The van der Waals surface area contributed by atoms with E-state index in [4.69, 9.17) is 0 Å². The molecule has 1 unspecified atom stereocenters. The van der Waals surface area contributed by atoms with E-state index in [9.17, 15) is 49.4 Å². The number of aliphatic hydroxyl groups excluding tert-OH is 1. The molecule has 0 saturated carbocycles. The fourth-order valence-corrected chi connectivity index (χ4v) is 7.43. The average Bonchev–Trinajstić information content (AvgIpc) is 3.19. The smallest absolute Gasteiger partial charge is 0.453 e. The lowest BCUT2D eigenvalue weighted by molar-refractivity contribution is -0.284. The molecule has 3 N–H and O–H groups in total. The van der Waals surface area contributed by atoms with Crippen molar-refractivity contribution in [2.75, 3.05) is 24.7 Å². The highest BCUT2D eigenvalue weighted by molar-refractivity contribution is 7.91. The average molecular weight is 696 g/mol. The van der Waals surface area contributed by atoms with Crippen LogP contribution in [0.1, 0.15) is 93.7 Å². The summed E-state index contributed by atoms with van der Waals surface area (Å²) >= 11 is 0. The second kappa shape index (κ2) is 17.7. The van der Waals surface area contributed by atoms with Crippen molar-refractivity contribution in [2.24, 2.45) is 0 Å². The Morgan fingerprint density at radius 1 is 0.830 bits per heavy atom. The number of hydrogen-bond donors (Lipinski definition) is 3. The Morgan fingerprint density at radius 2 is 1.53 bits per heavy atom. The number of sulfone groups is 1. The van der Waals surface area contributed by atoms with E-state index in [1.807, 2.05) is 0 Å². The molecule has 0 spiro atoms. The van der Waals surface area contributed by atoms with Crippen LogP contribution in [-0.4, -0.2) is 61.4 Å². The van der Waals surface area contributed by atoms with Gasteiger partial charge in [-0.15, -0.1) is 0 Å². The number of alkyl halides is 5. The molecule has 0 fully saturated rings. The van der Waals surface area contributed by atoms with E-state index in [1.165, 1.54) is 18.2 Å². The molecule has 1 aliphatic carbocycles. The minimum Gasteiger partial charge on any atom is -0.505 e. The van der Waals surface area contributed by atoms with E-state index in [0.717, 1.165) is 48.0 Å². The molecule has 47 heavy (non-hydrogen) atoms. The maximum Gasteiger partial charge on any atom is 0.453 e. The predicted octanol–water partition coefficient (Wildman–Crippen LogP) is 8.38. The molecule has 264 valence electrons. The SMILES string of the molecule is O=S(=O)(CCCC(F)(F)C(F)(F)F)CCC(CCCO)NCCCCCCC1=C(c2ccc(F)cc2)CCCc2c1ccc(O)c2F. The number of aliphatic hydroxyl groups is 1. The molecule has 3 rings (SSSR count). The number of phenolic OH excluding ortho intramolecular Hbond substituents is 1. The van der Waals surface area contributed by atoms with Gasteiger partial charge in [-0.1, -0.05) is 31.0 Å². The lowest BCUT2D eigenvalue weighted by atomic mass is 9.89. The van der Waals surface area contributed by atoms with Crippen LogP contribution in [-0.2, 0) is 16.3 Å². The van der Waals surface area contributed by atoms with Crippen LogP contribution in [0.4, 0.5) is 30.7 Å². The normalized spacial score (nSPS) is 15.1. The van der Waals surface area contributed by atoms with E-state index in [-0.39, 0.29) is 36.4 Å². The van der Waals surface area contributed by atoms with Crippen molar-refractivity contribution < 1.29 is 49.4 Å². The molecule has 0 saturated heterocycles. The van der Waals surface area contributed by atoms with Gasteiger partial charge >= 0.3 is 12.1 Å². The second-order valence-corrected chi connectivity index (χ2v) is 14.5. The first-order valence-electron chi connectivity index (χ1n) is 16.1. The summed E-state index contributed by atoms with van der Waals surface area (Å²) in [6, 6.07) is 9.08. The lowest BCUT2D eigenvalue weighted by Crippen LogP contribution is -2.36. The third-order valence-electron chi connectivity index (χ3n) is 8.59. The topological polar surface area (TPSA) is 86.6 Å². The van der Waals surface area contributed by atoms with Crippen LogP contribution in [0.25, 0.3) is 11.1 Å². The second-order valence-electron chi connectivity index (χ2n) is 12.2. The van der Waals surface area contributed by atoms with Crippen molar-refractivity contribution in [3.8, 4) is 5.75 Å². The zero-order chi connectivity index (χ0) is 34.7.